The number of thioether (sulfide) groups is 1. The zero-order valence-electron chi connectivity index (χ0n) is 6.17. The van der Waals surface area contributed by atoms with Crippen LogP contribution >= 0.6 is 23.1 Å². The number of hydrogen-bond donors (Lipinski definition) is 3. The number of nitrogen functional groups attached to an aromatic ring is 1. The van der Waals surface area contributed by atoms with E-state index >= 15 is 0 Å². The Hall–Kier alpha value is -0.370. The SMILES string of the molecule is Nc1nnc(SCC(O)CO)s1. The average Bonchev–Trinajstić information content (AvgIpc) is 2.47. The molecule has 1 aromatic heterocycles. The van der Waals surface area contributed by atoms with Gasteiger partial charge in [-0.15, -0.1) is 10.2 Å². The van der Waals surface area contributed by atoms with Crippen molar-refractivity contribution >= 4 is 28.2 Å². The number of rotatable bonds is 4. The molecule has 4 N–H and O–H groups in total. The van der Waals surface area contributed by atoms with Gasteiger partial charge in [-0.2, -0.15) is 0 Å². The normalized spacial score (nSPS) is 13.2. The van der Waals surface area contributed by atoms with E-state index < -0.39 is 6.10 Å². The molecule has 0 aliphatic carbocycles. The van der Waals surface area contributed by atoms with Gasteiger partial charge < -0.3 is 15.9 Å². The molecule has 0 fully saturated rings. The average molecular weight is 207 g/mol. The first-order valence-electron chi connectivity index (χ1n) is 3.23. The molecule has 1 aromatic rings. The first kappa shape index (κ1) is 9.72. The van der Waals surface area contributed by atoms with E-state index in [2.05, 4.69) is 10.2 Å². The first-order valence-corrected chi connectivity index (χ1v) is 5.03. The van der Waals surface area contributed by atoms with Crippen LogP contribution in [0.5, 0.6) is 0 Å². The lowest BCUT2D eigenvalue weighted by molar-refractivity contribution is 0.113. The Labute approximate surface area is 77.6 Å². The molecule has 1 rings (SSSR count). The summed E-state index contributed by atoms with van der Waals surface area (Å²) < 4.78 is 0.708. The molecule has 12 heavy (non-hydrogen) atoms. The number of aliphatic hydroxyl groups is 2. The second kappa shape index (κ2) is 4.61. The van der Waals surface area contributed by atoms with Crippen molar-refractivity contribution in [3.8, 4) is 0 Å². The monoisotopic (exact) mass is 207 g/mol. The zero-order chi connectivity index (χ0) is 8.97. The van der Waals surface area contributed by atoms with Gasteiger partial charge in [-0.25, -0.2) is 0 Å². The molecular formula is C5H9N3O2S2. The van der Waals surface area contributed by atoms with Crippen LogP contribution in [0, 0.1) is 0 Å². The topological polar surface area (TPSA) is 92.3 Å². The summed E-state index contributed by atoms with van der Waals surface area (Å²) in [7, 11) is 0. The second-order valence-electron chi connectivity index (χ2n) is 2.05. The maximum absolute atomic E-state index is 8.98. The second-order valence-corrected chi connectivity index (χ2v) is 4.33. The number of aromatic nitrogens is 2. The fourth-order valence-corrected chi connectivity index (χ4v) is 2.08. The van der Waals surface area contributed by atoms with Crippen LogP contribution < -0.4 is 5.73 Å². The summed E-state index contributed by atoms with van der Waals surface area (Å²) in [6.45, 7) is -0.235. The molecular weight excluding hydrogens is 198 g/mol. The van der Waals surface area contributed by atoms with Crippen molar-refractivity contribution in [2.75, 3.05) is 18.1 Å². The van der Waals surface area contributed by atoms with Crippen LogP contribution in [0.3, 0.4) is 0 Å². The van der Waals surface area contributed by atoms with Crippen molar-refractivity contribution in [2.24, 2.45) is 0 Å². The molecule has 0 spiro atoms. The van der Waals surface area contributed by atoms with Crippen LogP contribution in [-0.4, -0.2) is 38.9 Å². The van der Waals surface area contributed by atoms with Gasteiger partial charge in [0.15, 0.2) is 4.34 Å². The highest BCUT2D eigenvalue weighted by Crippen LogP contribution is 2.23. The minimum Gasteiger partial charge on any atom is -0.394 e. The van der Waals surface area contributed by atoms with Crippen LogP contribution in [0.1, 0.15) is 0 Å². The number of hydrogen-bond acceptors (Lipinski definition) is 7. The van der Waals surface area contributed by atoms with Crippen LogP contribution in [0.15, 0.2) is 4.34 Å². The van der Waals surface area contributed by atoms with Gasteiger partial charge in [0, 0.05) is 5.75 Å². The summed E-state index contributed by atoms with van der Waals surface area (Å²) in [4.78, 5) is 0. The summed E-state index contributed by atoms with van der Waals surface area (Å²) >= 11 is 2.59. The molecule has 0 saturated heterocycles. The molecule has 68 valence electrons. The van der Waals surface area contributed by atoms with Crippen LogP contribution in [0.2, 0.25) is 0 Å². The van der Waals surface area contributed by atoms with E-state index in [0.717, 1.165) is 0 Å². The highest BCUT2D eigenvalue weighted by atomic mass is 32.2. The highest BCUT2D eigenvalue weighted by molar-refractivity contribution is 8.01. The van der Waals surface area contributed by atoms with Gasteiger partial charge in [0.1, 0.15) is 0 Å². The molecule has 1 unspecified atom stereocenters. The molecule has 5 nitrogen and oxygen atoms in total. The van der Waals surface area contributed by atoms with E-state index in [4.69, 9.17) is 15.9 Å². The Morgan fingerprint density at radius 3 is 2.83 bits per heavy atom. The fraction of sp³-hybridized carbons (Fsp3) is 0.600. The number of nitrogens with two attached hydrogens (primary N) is 1. The lowest BCUT2D eigenvalue weighted by Crippen LogP contribution is -2.14. The van der Waals surface area contributed by atoms with Gasteiger partial charge in [0.25, 0.3) is 0 Å². The Balaban J connectivity index is 2.33. The van der Waals surface area contributed by atoms with Gasteiger partial charge in [-0.05, 0) is 0 Å². The van der Waals surface area contributed by atoms with Crippen LogP contribution in [-0.2, 0) is 0 Å². The third kappa shape index (κ3) is 2.94. The van der Waals surface area contributed by atoms with Crippen LogP contribution in [0.25, 0.3) is 0 Å². The van der Waals surface area contributed by atoms with Crippen molar-refractivity contribution < 1.29 is 10.2 Å². The maximum atomic E-state index is 8.98. The van der Waals surface area contributed by atoms with E-state index in [1.54, 1.807) is 0 Å². The van der Waals surface area contributed by atoms with Gasteiger partial charge in [-0.3, -0.25) is 0 Å². The minimum atomic E-state index is -0.708. The molecule has 0 bridgehead atoms. The summed E-state index contributed by atoms with van der Waals surface area (Å²) in [6.07, 6.45) is -0.708. The molecule has 0 saturated carbocycles. The van der Waals surface area contributed by atoms with Gasteiger partial charge in [0.2, 0.25) is 5.13 Å². The smallest absolute Gasteiger partial charge is 0.203 e. The minimum absolute atomic E-state index is 0.235. The number of nitrogens with zero attached hydrogens (tertiary/aromatic N) is 2. The summed E-state index contributed by atoms with van der Waals surface area (Å²) in [5.74, 6) is 0.408. The Morgan fingerprint density at radius 2 is 2.33 bits per heavy atom. The van der Waals surface area contributed by atoms with Crippen LogP contribution in [0.4, 0.5) is 5.13 Å². The Bertz CT molecular complexity index is 242. The predicted molar refractivity (Wildman–Crippen MR) is 48.1 cm³/mol. The Kier molecular flexibility index (Phi) is 3.73. The first-order chi connectivity index (χ1) is 5.72. The van der Waals surface area contributed by atoms with Gasteiger partial charge in [-0.1, -0.05) is 23.1 Å². The third-order valence-corrected chi connectivity index (χ3v) is 3.06. The molecule has 1 heterocycles. The van der Waals surface area contributed by atoms with Gasteiger partial charge >= 0.3 is 0 Å². The fourth-order valence-electron chi connectivity index (χ4n) is 0.499. The van der Waals surface area contributed by atoms with Crippen molar-refractivity contribution in [1.29, 1.82) is 0 Å². The third-order valence-electron chi connectivity index (χ3n) is 1.03. The maximum Gasteiger partial charge on any atom is 0.203 e. The molecule has 1 atom stereocenters. The molecule has 0 aliphatic heterocycles. The van der Waals surface area contributed by atoms with E-state index in [-0.39, 0.29) is 6.61 Å². The number of anilines is 1. The van der Waals surface area contributed by atoms with E-state index in [9.17, 15) is 0 Å². The predicted octanol–water partition coefficient (Wildman–Crippen LogP) is -0.434. The lowest BCUT2D eigenvalue weighted by atomic mass is 10.4. The van der Waals surface area contributed by atoms with E-state index in [1.165, 1.54) is 23.1 Å². The molecule has 0 aromatic carbocycles. The highest BCUT2D eigenvalue weighted by Gasteiger charge is 2.06. The van der Waals surface area contributed by atoms with E-state index in [1.807, 2.05) is 0 Å². The molecule has 0 radical (unpaired) electrons. The zero-order valence-corrected chi connectivity index (χ0v) is 7.81. The summed E-state index contributed by atoms with van der Waals surface area (Å²) in [5.41, 5.74) is 5.34. The molecule has 7 heteroatoms. The van der Waals surface area contributed by atoms with Crippen molar-refractivity contribution in [3.05, 3.63) is 0 Å². The van der Waals surface area contributed by atoms with Crippen molar-refractivity contribution in [1.82, 2.24) is 10.2 Å². The number of aliphatic hydroxyl groups excluding tert-OH is 2. The largest absolute Gasteiger partial charge is 0.394 e. The Morgan fingerprint density at radius 1 is 1.58 bits per heavy atom. The standard InChI is InChI=1S/C5H9N3O2S2/c6-4-7-8-5(12-4)11-2-3(10)1-9/h3,9-10H,1-2H2,(H2,6,7). The summed E-state index contributed by atoms with van der Waals surface area (Å²) in [6, 6.07) is 0. The van der Waals surface area contributed by atoms with Crippen molar-refractivity contribution in [2.45, 2.75) is 10.4 Å². The van der Waals surface area contributed by atoms with Gasteiger partial charge in [0.05, 0.1) is 12.7 Å². The van der Waals surface area contributed by atoms with E-state index in [0.29, 0.717) is 15.2 Å². The quantitative estimate of drug-likeness (QED) is 0.580. The summed E-state index contributed by atoms with van der Waals surface area (Å²) in [5, 5.41) is 25.2. The van der Waals surface area contributed by atoms with Crippen molar-refractivity contribution in [3.63, 3.8) is 0 Å². The lowest BCUT2D eigenvalue weighted by Gasteiger charge is -2.02. The molecule has 0 aliphatic rings. The molecule has 0 amide bonds.